The standard InChI is InChI=1S/C15H12ClF3N4S2/c1-23-13(15(17,18)19)21-22-14(23)25-8-11-7-24-12(20-11)6-9-2-4-10(16)5-3-9/h2-5,7H,6,8H2,1H3. The molecule has 0 bridgehead atoms. The number of benzene rings is 1. The van der Waals surface area contributed by atoms with Gasteiger partial charge in [-0.2, -0.15) is 13.2 Å². The molecule has 2 heterocycles. The summed E-state index contributed by atoms with van der Waals surface area (Å²) in [5.74, 6) is -0.572. The van der Waals surface area contributed by atoms with Gasteiger partial charge >= 0.3 is 6.18 Å². The molecule has 0 radical (unpaired) electrons. The Labute approximate surface area is 155 Å². The first-order chi connectivity index (χ1) is 11.8. The second-order valence-corrected chi connectivity index (χ2v) is 7.51. The molecule has 0 amide bonds. The van der Waals surface area contributed by atoms with Crippen LogP contribution in [0.3, 0.4) is 0 Å². The number of alkyl halides is 3. The van der Waals surface area contributed by atoms with Gasteiger partial charge in [-0.1, -0.05) is 35.5 Å². The van der Waals surface area contributed by atoms with Crippen LogP contribution in [0.25, 0.3) is 0 Å². The molecule has 0 fully saturated rings. The number of hydrogen-bond acceptors (Lipinski definition) is 5. The summed E-state index contributed by atoms with van der Waals surface area (Å²) in [4.78, 5) is 4.51. The third-order valence-corrected chi connectivity index (χ3v) is 5.51. The zero-order valence-corrected chi connectivity index (χ0v) is 15.3. The highest BCUT2D eigenvalue weighted by molar-refractivity contribution is 7.98. The van der Waals surface area contributed by atoms with Crippen molar-refractivity contribution in [1.82, 2.24) is 19.7 Å². The minimum absolute atomic E-state index is 0.208. The summed E-state index contributed by atoms with van der Waals surface area (Å²) in [5, 5.41) is 10.5. The van der Waals surface area contributed by atoms with Crippen LogP contribution in [-0.4, -0.2) is 19.7 Å². The van der Waals surface area contributed by atoms with E-state index in [2.05, 4.69) is 15.2 Å². The van der Waals surface area contributed by atoms with Crippen molar-refractivity contribution in [3.05, 3.63) is 56.8 Å². The fourth-order valence-electron chi connectivity index (χ4n) is 2.10. The highest BCUT2D eigenvalue weighted by Crippen LogP contribution is 2.30. The largest absolute Gasteiger partial charge is 0.451 e. The van der Waals surface area contributed by atoms with Crippen LogP contribution in [0.15, 0.2) is 34.8 Å². The Hall–Kier alpha value is -1.58. The monoisotopic (exact) mass is 404 g/mol. The van der Waals surface area contributed by atoms with Crippen molar-refractivity contribution in [3.8, 4) is 0 Å². The van der Waals surface area contributed by atoms with Gasteiger partial charge in [0.2, 0.25) is 5.82 Å². The number of thiazole rings is 1. The summed E-state index contributed by atoms with van der Waals surface area (Å²) in [6.45, 7) is 0. The fourth-order valence-corrected chi connectivity index (χ4v) is 3.96. The average molecular weight is 405 g/mol. The number of rotatable bonds is 5. The minimum Gasteiger partial charge on any atom is -0.302 e. The van der Waals surface area contributed by atoms with Crippen molar-refractivity contribution in [3.63, 3.8) is 0 Å². The van der Waals surface area contributed by atoms with Crippen LogP contribution in [0.2, 0.25) is 5.02 Å². The molecular weight excluding hydrogens is 393 g/mol. The van der Waals surface area contributed by atoms with Crippen LogP contribution in [0, 0.1) is 0 Å². The first-order valence-electron chi connectivity index (χ1n) is 7.10. The lowest BCUT2D eigenvalue weighted by Crippen LogP contribution is -2.12. The van der Waals surface area contributed by atoms with E-state index in [1.165, 1.54) is 30.1 Å². The number of nitrogens with zero attached hydrogens (tertiary/aromatic N) is 4. The Kier molecular flexibility index (Phi) is 5.35. The minimum atomic E-state index is -4.51. The highest BCUT2D eigenvalue weighted by atomic mass is 35.5. The van der Waals surface area contributed by atoms with E-state index in [1.54, 1.807) is 0 Å². The summed E-state index contributed by atoms with van der Waals surface area (Å²) in [5.41, 5.74) is 1.90. The molecule has 25 heavy (non-hydrogen) atoms. The second kappa shape index (κ2) is 7.35. The molecule has 0 aliphatic heterocycles. The van der Waals surface area contributed by atoms with Crippen molar-refractivity contribution >= 4 is 34.7 Å². The van der Waals surface area contributed by atoms with Crippen molar-refractivity contribution in [2.75, 3.05) is 0 Å². The van der Waals surface area contributed by atoms with Crippen LogP contribution in [-0.2, 0) is 25.4 Å². The molecule has 0 atom stereocenters. The van der Waals surface area contributed by atoms with Gasteiger partial charge < -0.3 is 4.57 Å². The molecule has 0 N–H and O–H groups in total. The van der Waals surface area contributed by atoms with Gasteiger partial charge in [0.1, 0.15) is 0 Å². The molecule has 0 saturated heterocycles. The van der Waals surface area contributed by atoms with Crippen LogP contribution in [0.5, 0.6) is 0 Å². The maximum Gasteiger partial charge on any atom is 0.451 e. The molecule has 0 aliphatic rings. The Balaban J connectivity index is 1.62. The number of thioether (sulfide) groups is 1. The highest BCUT2D eigenvalue weighted by Gasteiger charge is 2.37. The van der Waals surface area contributed by atoms with E-state index < -0.39 is 12.0 Å². The van der Waals surface area contributed by atoms with Gasteiger partial charge in [0.25, 0.3) is 0 Å². The predicted molar refractivity (Wildman–Crippen MR) is 91.9 cm³/mol. The summed E-state index contributed by atoms with van der Waals surface area (Å²) >= 11 is 8.55. The maximum absolute atomic E-state index is 12.7. The molecule has 10 heteroatoms. The van der Waals surface area contributed by atoms with Gasteiger partial charge in [0.15, 0.2) is 5.16 Å². The van der Waals surface area contributed by atoms with Crippen LogP contribution in [0.4, 0.5) is 13.2 Å². The summed E-state index contributed by atoms with van der Waals surface area (Å²) < 4.78 is 39.1. The first kappa shape index (κ1) is 18.2. The predicted octanol–water partition coefficient (Wildman–Crippen LogP) is 4.83. The zero-order chi connectivity index (χ0) is 18.0. The molecule has 1 aromatic carbocycles. The van der Waals surface area contributed by atoms with Crippen LogP contribution in [0.1, 0.15) is 22.1 Å². The van der Waals surface area contributed by atoms with Crippen molar-refractivity contribution < 1.29 is 13.2 Å². The normalized spacial score (nSPS) is 11.9. The zero-order valence-electron chi connectivity index (χ0n) is 12.9. The Morgan fingerprint density at radius 3 is 2.56 bits per heavy atom. The lowest BCUT2D eigenvalue weighted by Gasteiger charge is -2.05. The van der Waals surface area contributed by atoms with Crippen LogP contribution < -0.4 is 0 Å². The van der Waals surface area contributed by atoms with Crippen molar-refractivity contribution in [2.24, 2.45) is 7.05 Å². The van der Waals surface area contributed by atoms with Gasteiger partial charge in [-0.15, -0.1) is 21.5 Å². The van der Waals surface area contributed by atoms with E-state index in [0.717, 1.165) is 20.8 Å². The number of halogens is 4. The summed E-state index contributed by atoms with van der Waals surface area (Å²) in [6.07, 6.45) is -3.82. The molecule has 0 unspecified atom stereocenters. The summed E-state index contributed by atoms with van der Waals surface area (Å²) in [6, 6.07) is 7.54. The molecule has 2 aromatic heterocycles. The number of aromatic nitrogens is 4. The quantitative estimate of drug-likeness (QED) is 0.571. The van der Waals surface area contributed by atoms with E-state index in [0.29, 0.717) is 17.2 Å². The smallest absolute Gasteiger partial charge is 0.302 e. The lowest BCUT2D eigenvalue weighted by atomic mass is 10.2. The van der Waals surface area contributed by atoms with Crippen molar-refractivity contribution in [1.29, 1.82) is 0 Å². The van der Waals surface area contributed by atoms with Crippen molar-refractivity contribution in [2.45, 2.75) is 23.5 Å². The Bertz CT molecular complexity index is 859. The molecule has 0 spiro atoms. The van der Waals surface area contributed by atoms with E-state index in [4.69, 9.17) is 11.6 Å². The maximum atomic E-state index is 12.7. The SMILES string of the molecule is Cn1c(SCc2csc(Cc3ccc(Cl)cc3)n2)nnc1C(F)(F)F. The molecular formula is C15H12ClF3N4S2. The van der Waals surface area contributed by atoms with E-state index in [-0.39, 0.29) is 5.16 Å². The van der Waals surface area contributed by atoms with Gasteiger partial charge in [0.05, 0.1) is 10.7 Å². The van der Waals surface area contributed by atoms with Gasteiger partial charge in [0, 0.05) is 29.6 Å². The van der Waals surface area contributed by atoms with E-state index in [9.17, 15) is 13.2 Å². The second-order valence-electron chi connectivity index (χ2n) is 5.19. The van der Waals surface area contributed by atoms with Crippen LogP contribution >= 0.6 is 34.7 Å². The van der Waals surface area contributed by atoms with Gasteiger partial charge in [-0.05, 0) is 17.7 Å². The lowest BCUT2D eigenvalue weighted by molar-refractivity contribution is -0.147. The molecule has 3 rings (SSSR count). The molecule has 4 nitrogen and oxygen atoms in total. The third-order valence-electron chi connectivity index (χ3n) is 3.31. The van der Waals surface area contributed by atoms with E-state index >= 15 is 0 Å². The molecule has 132 valence electrons. The van der Waals surface area contributed by atoms with Gasteiger partial charge in [-0.25, -0.2) is 4.98 Å². The Morgan fingerprint density at radius 2 is 1.92 bits per heavy atom. The topological polar surface area (TPSA) is 43.6 Å². The average Bonchev–Trinajstić information content (AvgIpc) is 3.14. The fraction of sp³-hybridized carbons (Fsp3) is 0.267. The Morgan fingerprint density at radius 1 is 1.20 bits per heavy atom. The first-order valence-corrected chi connectivity index (χ1v) is 9.34. The summed E-state index contributed by atoms with van der Waals surface area (Å²) in [7, 11) is 1.30. The molecule has 0 aliphatic carbocycles. The van der Waals surface area contributed by atoms with E-state index in [1.807, 2.05) is 29.6 Å². The molecule has 0 saturated carbocycles. The number of hydrogen-bond donors (Lipinski definition) is 0. The molecule has 3 aromatic rings. The van der Waals surface area contributed by atoms with Gasteiger partial charge in [-0.3, -0.25) is 0 Å². The third kappa shape index (κ3) is 4.53.